The summed E-state index contributed by atoms with van der Waals surface area (Å²) >= 11 is 0. The summed E-state index contributed by atoms with van der Waals surface area (Å²) in [4.78, 5) is 14.1. The van der Waals surface area contributed by atoms with E-state index in [0.29, 0.717) is 38.2 Å². The third-order valence-electron chi connectivity index (χ3n) is 4.90. The smallest absolute Gasteiger partial charge is 0.232 e. The monoisotopic (exact) mass is 464 g/mol. The van der Waals surface area contributed by atoms with Gasteiger partial charge < -0.3 is 25.0 Å². The van der Waals surface area contributed by atoms with E-state index in [4.69, 9.17) is 9.47 Å². The molecular weight excluding hydrogens is 441 g/mol. The number of nitrogens with one attached hydrogen (secondary N) is 3. The van der Waals surface area contributed by atoms with Gasteiger partial charge in [-0.1, -0.05) is 0 Å². The normalized spacial score (nSPS) is 14.9. The fourth-order valence-corrected chi connectivity index (χ4v) is 3.37. The van der Waals surface area contributed by atoms with Crippen LogP contribution >= 0.6 is 0 Å². The predicted octanol–water partition coefficient (Wildman–Crippen LogP) is 2.70. The Morgan fingerprint density at radius 2 is 2.00 bits per heavy atom. The highest BCUT2D eigenvalue weighted by molar-refractivity contribution is 5.59. The van der Waals surface area contributed by atoms with Crippen molar-refractivity contribution in [2.75, 3.05) is 55.6 Å². The summed E-state index contributed by atoms with van der Waals surface area (Å²) in [5.41, 5.74) is 0.672. The molecule has 1 unspecified atom stereocenters. The maximum atomic E-state index is 15.5. The number of anilines is 4. The van der Waals surface area contributed by atoms with E-state index in [0.717, 1.165) is 11.9 Å². The lowest BCUT2D eigenvalue weighted by atomic mass is 10.2. The summed E-state index contributed by atoms with van der Waals surface area (Å²) in [5, 5.41) is 12.6. The van der Waals surface area contributed by atoms with Crippen LogP contribution in [0.5, 0.6) is 0 Å². The number of methoxy groups -OCH3 is 1. The van der Waals surface area contributed by atoms with Crippen LogP contribution in [0.15, 0.2) is 18.3 Å². The first kappa shape index (κ1) is 22.7. The van der Waals surface area contributed by atoms with Crippen molar-refractivity contribution >= 4 is 23.4 Å². The van der Waals surface area contributed by atoms with E-state index >= 15 is 4.39 Å². The van der Waals surface area contributed by atoms with Gasteiger partial charge in [0.05, 0.1) is 32.1 Å². The van der Waals surface area contributed by atoms with Gasteiger partial charge in [0.25, 0.3) is 0 Å². The second-order valence-electron chi connectivity index (χ2n) is 7.37. The van der Waals surface area contributed by atoms with Crippen molar-refractivity contribution < 1.29 is 22.6 Å². The molecular formula is C20H23F3N8O2. The van der Waals surface area contributed by atoms with Gasteiger partial charge in [-0.3, -0.25) is 10.1 Å². The fraction of sp³-hybridized carbons (Fsp3) is 0.400. The molecule has 0 spiro atoms. The van der Waals surface area contributed by atoms with E-state index < -0.39 is 23.5 Å². The third kappa shape index (κ3) is 5.31. The van der Waals surface area contributed by atoms with Gasteiger partial charge in [-0.25, -0.2) is 8.78 Å². The number of hydrogen-bond acceptors (Lipinski definition) is 9. The first-order valence-corrected chi connectivity index (χ1v) is 10.2. The number of aryl methyl sites for hydroxylation is 1. The molecule has 1 saturated heterocycles. The van der Waals surface area contributed by atoms with Gasteiger partial charge in [-0.15, -0.1) is 0 Å². The quantitative estimate of drug-likeness (QED) is 0.463. The minimum atomic E-state index is -0.946. The molecule has 1 aliphatic heterocycles. The Kier molecular flexibility index (Phi) is 6.89. The van der Waals surface area contributed by atoms with Crippen LogP contribution in [0.3, 0.4) is 0 Å². The highest BCUT2D eigenvalue weighted by Crippen LogP contribution is 2.29. The molecule has 0 amide bonds. The van der Waals surface area contributed by atoms with E-state index in [2.05, 4.69) is 35.8 Å². The largest absolute Gasteiger partial charge is 0.382 e. The summed E-state index contributed by atoms with van der Waals surface area (Å²) in [6.45, 7) is 3.46. The van der Waals surface area contributed by atoms with Crippen molar-refractivity contribution in [1.82, 2.24) is 25.1 Å². The van der Waals surface area contributed by atoms with Gasteiger partial charge in [0.1, 0.15) is 17.3 Å². The number of H-pyrrole nitrogens is 1. The van der Waals surface area contributed by atoms with Crippen molar-refractivity contribution in [2.24, 2.45) is 0 Å². The van der Waals surface area contributed by atoms with Crippen LogP contribution in [-0.2, 0) is 9.47 Å². The van der Waals surface area contributed by atoms with Gasteiger partial charge in [0.15, 0.2) is 17.5 Å². The molecule has 1 aliphatic rings. The maximum Gasteiger partial charge on any atom is 0.232 e. The molecule has 3 aromatic heterocycles. The predicted molar refractivity (Wildman–Crippen MR) is 114 cm³/mol. The van der Waals surface area contributed by atoms with Gasteiger partial charge in [-0.2, -0.15) is 19.5 Å². The Balaban J connectivity index is 1.71. The highest BCUT2D eigenvalue weighted by atomic mass is 19.1. The second-order valence-corrected chi connectivity index (χ2v) is 7.37. The van der Waals surface area contributed by atoms with Gasteiger partial charge in [0.2, 0.25) is 11.8 Å². The Morgan fingerprint density at radius 3 is 2.67 bits per heavy atom. The zero-order chi connectivity index (χ0) is 23.4. The number of pyridine rings is 1. The Hall–Kier alpha value is -3.45. The van der Waals surface area contributed by atoms with Crippen LogP contribution in [-0.4, -0.2) is 65.2 Å². The van der Waals surface area contributed by atoms with Crippen LogP contribution in [0, 0.1) is 24.4 Å². The number of rotatable bonds is 8. The summed E-state index contributed by atoms with van der Waals surface area (Å²) in [6, 6.07) is 1.49. The topological polar surface area (TPSA) is 113 Å². The van der Waals surface area contributed by atoms with E-state index in [-0.39, 0.29) is 29.9 Å². The SMILES string of the molecule is COCC(Nc1nc(Nc2cc(C)[nH]n2)nc(N2CCOCC2)c1F)c1ncc(F)cc1F. The van der Waals surface area contributed by atoms with Crippen LogP contribution < -0.4 is 15.5 Å². The average Bonchev–Trinajstić information content (AvgIpc) is 3.20. The molecule has 0 saturated carbocycles. The molecule has 33 heavy (non-hydrogen) atoms. The van der Waals surface area contributed by atoms with Crippen molar-refractivity contribution in [3.8, 4) is 0 Å². The van der Waals surface area contributed by atoms with Crippen molar-refractivity contribution in [3.05, 3.63) is 47.2 Å². The first-order valence-electron chi connectivity index (χ1n) is 10.2. The van der Waals surface area contributed by atoms with E-state index in [9.17, 15) is 8.78 Å². The highest BCUT2D eigenvalue weighted by Gasteiger charge is 2.26. The average molecular weight is 464 g/mol. The van der Waals surface area contributed by atoms with Gasteiger partial charge >= 0.3 is 0 Å². The number of nitrogens with zero attached hydrogens (tertiary/aromatic N) is 5. The number of aromatic amines is 1. The lowest BCUT2D eigenvalue weighted by molar-refractivity contribution is 0.122. The zero-order valence-corrected chi connectivity index (χ0v) is 18.0. The molecule has 13 heteroatoms. The molecule has 0 bridgehead atoms. The molecule has 0 aliphatic carbocycles. The summed E-state index contributed by atoms with van der Waals surface area (Å²) in [7, 11) is 1.40. The van der Waals surface area contributed by atoms with Crippen molar-refractivity contribution in [1.29, 1.82) is 0 Å². The minimum Gasteiger partial charge on any atom is -0.382 e. The third-order valence-corrected chi connectivity index (χ3v) is 4.90. The maximum absolute atomic E-state index is 15.5. The number of aromatic nitrogens is 5. The van der Waals surface area contributed by atoms with Gasteiger partial charge in [0, 0.05) is 38.0 Å². The number of morpholine rings is 1. The second kappa shape index (κ2) is 10.0. The molecule has 3 N–H and O–H groups in total. The van der Waals surface area contributed by atoms with E-state index in [1.165, 1.54) is 7.11 Å². The van der Waals surface area contributed by atoms with Crippen LogP contribution in [0.1, 0.15) is 17.4 Å². The summed E-state index contributed by atoms with van der Waals surface area (Å²) in [6.07, 6.45) is 0.880. The molecule has 10 nitrogen and oxygen atoms in total. The molecule has 3 aromatic rings. The minimum absolute atomic E-state index is 0.0502. The van der Waals surface area contributed by atoms with Crippen LogP contribution in [0.2, 0.25) is 0 Å². The molecule has 0 aromatic carbocycles. The standard InChI is InChI=1S/C20H23F3N8O2/c1-11-7-15(30-29-11)26-20-27-18(16(23)19(28-20)31-3-5-33-6-4-31)25-14(10-32-2)17-13(22)8-12(21)9-24-17/h7-9,14H,3-6,10H2,1-2H3,(H3,25,26,27,28,29,30). The lowest BCUT2D eigenvalue weighted by Crippen LogP contribution is -2.37. The van der Waals surface area contributed by atoms with Crippen LogP contribution in [0.25, 0.3) is 0 Å². The molecule has 176 valence electrons. The Bertz CT molecular complexity index is 1110. The van der Waals surface area contributed by atoms with Crippen LogP contribution in [0.4, 0.5) is 36.6 Å². The van der Waals surface area contributed by atoms with Crippen molar-refractivity contribution in [3.63, 3.8) is 0 Å². The van der Waals surface area contributed by atoms with E-state index in [1.807, 2.05) is 6.92 Å². The van der Waals surface area contributed by atoms with E-state index in [1.54, 1.807) is 11.0 Å². The molecule has 4 heterocycles. The number of halogens is 3. The summed E-state index contributed by atoms with van der Waals surface area (Å²) < 4.78 is 53.8. The van der Waals surface area contributed by atoms with Gasteiger partial charge in [-0.05, 0) is 6.92 Å². The fourth-order valence-electron chi connectivity index (χ4n) is 3.37. The zero-order valence-electron chi connectivity index (χ0n) is 18.0. The molecule has 1 fully saturated rings. The molecule has 0 radical (unpaired) electrons. The van der Waals surface area contributed by atoms with Crippen molar-refractivity contribution in [2.45, 2.75) is 13.0 Å². The number of ether oxygens (including phenoxy) is 2. The summed E-state index contributed by atoms with van der Waals surface area (Å²) in [5.74, 6) is -2.07. The number of hydrogen-bond donors (Lipinski definition) is 3. The Morgan fingerprint density at radius 1 is 1.21 bits per heavy atom. The molecule has 4 rings (SSSR count). The Labute approximate surface area is 187 Å². The molecule has 1 atom stereocenters. The lowest BCUT2D eigenvalue weighted by Gasteiger charge is -2.29. The first-order chi connectivity index (χ1) is 15.9.